The Morgan fingerprint density at radius 1 is 1.04 bits per heavy atom. The minimum Gasteiger partial charge on any atom is -0.313 e. The van der Waals surface area contributed by atoms with Crippen LogP contribution in [0.15, 0.2) is 59.7 Å². The summed E-state index contributed by atoms with van der Waals surface area (Å²) in [6.07, 6.45) is 1.96. The number of fused-ring (bicyclic) bond motifs is 3. The van der Waals surface area contributed by atoms with Crippen molar-refractivity contribution in [2.24, 2.45) is 4.99 Å². The number of halogens is 2. The predicted octanol–water partition coefficient (Wildman–Crippen LogP) is 5.34. The molecule has 124 valence electrons. The second-order valence-corrected chi connectivity index (χ2v) is 6.73. The lowest BCUT2D eigenvalue weighted by Gasteiger charge is -2.13. The van der Waals surface area contributed by atoms with Gasteiger partial charge in [-0.1, -0.05) is 47.5 Å². The summed E-state index contributed by atoms with van der Waals surface area (Å²) in [6, 6.07) is 15.1. The fourth-order valence-corrected chi connectivity index (χ4v) is 3.58. The molecular weight excluding hydrogens is 355 g/mol. The second kappa shape index (κ2) is 6.17. The molecule has 0 radical (unpaired) electrons. The van der Waals surface area contributed by atoms with E-state index in [1.54, 1.807) is 19.1 Å². The number of carbonyl (C=O) groups is 1. The summed E-state index contributed by atoms with van der Waals surface area (Å²) in [5.41, 5.74) is 5.20. The molecule has 25 heavy (non-hydrogen) atoms. The molecule has 2 aromatic carbocycles. The van der Waals surface area contributed by atoms with Crippen molar-refractivity contribution in [3.63, 3.8) is 0 Å². The number of hydrogen-bond acceptors (Lipinski definition) is 2. The van der Waals surface area contributed by atoms with E-state index in [-0.39, 0.29) is 5.78 Å². The smallest absolute Gasteiger partial charge is 0.159 e. The van der Waals surface area contributed by atoms with E-state index in [1.165, 1.54) is 0 Å². The van der Waals surface area contributed by atoms with Crippen molar-refractivity contribution >= 4 is 34.7 Å². The van der Waals surface area contributed by atoms with Gasteiger partial charge in [0.1, 0.15) is 0 Å². The van der Waals surface area contributed by atoms with Crippen molar-refractivity contribution in [2.75, 3.05) is 0 Å². The van der Waals surface area contributed by atoms with Gasteiger partial charge in [-0.3, -0.25) is 9.79 Å². The number of Topliss-reactive ketones (excluding diaryl/α,β-unsaturated/α-hetero) is 1. The molecule has 0 saturated carbocycles. The molecule has 5 heteroatoms. The number of aromatic nitrogens is 1. The molecule has 4 rings (SSSR count). The fraction of sp³-hybridized carbons (Fsp3) is 0.100. The third-order valence-corrected chi connectivity index (χ3v) is 5.03. The first-order valence-electron chi connectivity index (χ1n) is 7.87. The molecule has 1 aliphatic heterocycles. The summed E-state index contributed by atoms with van der Waals surface area (Å²) < 4.78 is 2.02. The topological polar surface area (TPSA) is 34.4 Å². The average Bonchev–Trinajstić information content (AvgIpc) is 3.01. The summed E-state index contributed by atoms with van der Waals surface area (Å²) in [5, 5.41) is 1.29. The molecule has 0 unspecified atom stereocenters. The lowest BCUT2D eigenvalue weighted by Crippen LogP contribution is -2.09. The van der Waals surface area contributed by atoms with Crippen molar-refractivity contribution in [1.29, 1.82) is 0 Å². The van der Waals surface area contributed by atoms with E-state index < -0.39 is 0 Å². The molecule has 2 heterocycles. The van der Waals surface area contributed by atoms with Crippen LogP contribution >= 0.6 is 23.2 Å². The Morgan fingerprint density at radius 2 is 1.76 bits per heavy atom. The molecule has 0 saturated heterocycles. The quantitative estimate of drug-likeness (QED) is 0.562. The van der Waals surface area contributed by atoms with Gasteiger partial charge in [0.2, 0.25) is 0 Å². The Labute approximate surface area is 155 Å². The highest BCUT2D eigenvalue weighted by Crippen LogP contribution is 2.34. The summed E-state index contributed by atoms with van der Waals surface area (Å²) in [5.74, 6) is 0.0451. The van der Waals surface area contributed by atoms with Gasteiger partial charge in [-0.05, 0) is 31.2 Å². The molecule has 0 amide bonds. The molecule has 1 aliphatic rings. The highest BCUT2D eigenvalue weighted by atomic mass is 35.5. The number of carbonyl (C=O) groups excluding carboxylic acids is 1. The maximum atomic E-state index is 11.5. The Kier molecular flexibility index (Phi) is 3.98. The monoisotopic (exact) mass is 368 g/mol. The van der Waals surface area contributed by atoms with Crippen LogP contribution in [0.1, 0.15) is 34.1 Å². The molecule has 1 aromatic heterocycles. The zero-order valence-corrected chi connectivity index (χ0v) is 15.0. The van der Waals surface area contributed by atoms with E-state index in [0.29, 0.717) is 22.2 Å². The molecule has 0 atom stereocenters. The molecule has 3 nitrogen and oxygen atoms in total. The number of benzene rings is 2. The van der Waals surface area contributed by atoms with Crippen molar-refractivity contribution in [1.82, 2.24) is 4.57 Å². The van der Waals surface area contributed by atoms with Gasteiger partial charge in [0.05, 0.1) is 28.7 Å². The van der Waals surface area contributed by atoms with Crippen LogP contribution in [0, 0.1) is 0 Å². The van der Waals surface area contributed by atoms with Gasteiger partial charge < -0.3 is 4.57 Å². The molecule has 0 spiro atoms. The van der Waals surface area contributed by atoms with Crippen LogP contribution in [0.2, 0.25) is 10.0 Å². The normalized spacial score (nSPS) is 12.8. The Balaban J connectivity index is 1.89. The SMILES string of the molecule is CC(=O)c1ccc(C2=NCc3c(Cl)ccc(Cl)c3-n3cccc32)cc1. The largest absolute Gasteiger partial charge is 0.313 e. The summed E-state index contributed by atoms with van der Waals surface area (Å²) in [4.78, 5) is 16.3. The molecule has 0 aliphatic carbocycles. The Hall–Kier alpha value is -2.36. The predicted molar refractivity (Wildman–Crippen MR) is 102 cm³/mol. The van der Waals surface area contributed by atoms with Gasteiger partial charge in [0, 0.05) is 27.9 Å². The number of ketones is 1. The van der Waals surface area contributed by atoms with Crippen LogP contribution in [0.5, 0.6) is 0 Å². The van der Waals surface area contributed by atoms with Crippen LogP contribution in [0.3, 0.4) is 0 Å². The molecular formula is C20H14Cl2N2O. The van der Waals surface area contributed by atoms with E-state index in [0.717, 1.165) is 28.2 Å². The highest BCUT2D eigenvalue weighted by Gasteiger charge is 2.22. The zero-order valence-electron chi connectivity index (χ0n) is 13.5. The zero-order chi connectivity index (χ0) is 17.6. The van der Waals surface area contributed by atoms with Gasteiger partial charge in [0.15, 0.2) is 5.78 Å². The van der Waals surface area contributed by atoms with Crippen LogP contribution in [-0.4, -0.2) is 16.1 Å². The third-order valence-electron chi connectivity index (χ3n) is 4.37. The molecule has 0 bridgehead atoms. The van der Waals surface area contributed by atoms with E-state index in [1.807, 2.05) is 47.2 Å². The molecule has 0 N–H and O–H groups in total. The van der Waals surface area contributed by atoms with Crippen LogP contribution < -0.4 is 0 Å². The second-order valence-electron chi connectivity index (χ2n) is 5.92. The van der Waals surface area contributed by atoms with E-state index in [4.69, 9.17) is 28.2 Å². The van der Waals surface area contributed by atoms with Crippen molar-refractivity contribution < 1.29 is 4.79 Å². The van der Waals surface area contributed by atoms with Crippen molar-refractivity contribution in [3.8, 4) is 5.69 Å². The number of rotatable bonds is 2. The minimum absolute atomic E-state index is 0.0451. The summed E-state index contributed by atoms with van der Waals surface area (Å²) >= 11 is 12.8. The van der Waals surface area contributed by atoms with Crippen molar-refractivity contribution in [3.05, 3.63) is 87.2 Å². The maximum Gasteiger partial charge on any atom is 0.159 e. The Morgan fingerprint density at radius 3 is 2.48 bits per heavy atom. The standard InChI is InChI=1S/C20H14Cl2N2O/c1-12(25)13-4-6-14(7-5-13)19-18-3-2-10-24(18)20-15(11-23-19)16(21)8-9-17(20)22/h2-10H,11H2,1H3. The Bertz CT molecular complexity index is 1020. The lowest BCUT2D eigenvalue weighted by molar-refractivity contribution is 0.101. The van der Waals surface area contributed by atoms with E-state index >= 15 is 0 Å². The number of hydrogen-bond donors (Lipinski definition) is 0. The van der Waals surface area contributed by atoms with Gasteiger partial charge in [-0.2, -0.15) is 0 Å². The fourth-order valence-electron chi connectivity index (χ4n) is 3.10. The van der Waals surface area contributed by atoms with Gasteiger partial charge >= 0.3 is 0 Å². The maximum absolute atomic E-state index is 11.5. The van der Waals surface area contributed by atoms with E-state index in [2.05, 4.69) is 0 Å². The lowest BCUT2D eigenvalue weighted by atomic mass is 10.0. The van der Waals surface area contributed by atoms with Crippen molar-refractivity contribution in [2.45, 2.75) is 13.5 Å². The van der Waals surface area contributed by atoms with Crippen LogP contribution in [0.4, 0.5) is 0 Å². The summed E-state index contributed by atoms with van der Waals surface area (Å²) in [7, 11) is 0. The number of aliphatic imine (C=N–C) groups is 1. The minimum atomic E-state index is 0.0451. The first-order chi connectivity index (χ1) is 12.1. The van der Waals surface area contributed by atoms with Crippen LogP contribution in [0.25, 0.3) is 5.69 Å². The van der Waals surface area contributed by atoms with Gasteiger partial charge in [-0.25, -0.2) is 0 Å². The highest BCUT2D eigenvalue weighted by molar-refractivity contribution is 6.35. The average molecular weight is 369 g/mol. The van der Waals surface area contributed by atoms with Crippen LogP contribution in [-0.2, 0) is 6.54 Å². The molecule has 0 fully saturated rings. The van der Waals surface area contributed by atoms with Gasteiger partial charge in [-0.15, -0.1) is 0 Å². The first kappa shape index (κ1) is 16.1. The summed E-state index contributed by atoms with van der Waals surface area (Å²) in [6.45, 7) is 2.00. The van der Waals surface area contributed by atoms with E-state index in [9.17, 15) is 4.79 Å². The first-order valence-corrected chi connectivity index (χ1v) is 8.62. The van der Waals surface area contributed by atoms with Gasteiger partial charge in [0.25, 0.3) is 0 Å². The third kappa shape index (κ3) is 2.70. The molecule has 3 aromatic rings. The number of nitrogens with zero attached hydrogens (tertiary/aromatic N) is 2.